The van der Waals surface area contributed by atoms with Gasteiger partial charge >= 0.3 is 5.97 Å². The number of carbonyl (C=O) groups excluding carboxylic acids is 3. The molecule has 0 spiro atoms. The van der Waals surface area contributed by atoms with Crippen LogP contribution in [0, 0.1) is 38.9 Å². The van der Waals surface area contributed by atoms with E-state index in [1.807, 2.05) is 6.92 Å². The van der Waals surface area contributed by atoms with Gasteiger partial charge in [0.25, 0.3) is 0 Å². The van der Waals surface area contributed by atoms with Crippen molar-refractivity contribution in [3.05, 3.63) is 23.5 Å². The highest BCUT2D eigenvalue weighted by molar-refractivity contribution is 6.17. The summed E-state index contributed by atoms with van der Waals surface area (Å²) in [6.07, 6.45) is 3.51. The second-order valence-electron chi connectivity index (χ2n) is 11.9. The Bertz CT molecular complexity index is 973. The van der Waals surface area contributed by atoms with Crippen LogP contribution >= 0.6 is 0 Å². The molecule has 4 aliphatic rings. The van der Waals surface area contributed by atoms with Crippen molar-refractivity contribution in [1.29, 1.82) is 0 Å². The molecule has 3 fully saturated rings. The van der Waals surface area contributed by atoms with Gasteiger partial charge in [0, 0.05) is 17.4 Å². The normalized spacial score (nSPS) is 45.2. The zero-order valence-corrected chi connectivity index (χ0v) is 20.9. The summed E-state index contributed by atoms with van der Waals surface area (Å²) in [7, 11) is 2.94. The molecule has 3 saturated carbocycles. The molecule has 6 atom stereocenters. The maximum Gasteiger partial charge on any atom is 0.321 e. The van der Waals surface area contributed by atoms with Crippen LogP contribution in [0.1, 0.15) is 73.6 Å². The molecule has 32 heavy (non-hydrogen) atoms. The SMILES string of the molecule is C=C1C[C@H]2[C@]3(C)CCC(=O)C(C)(C)[C@H]3CC[C@]2(C)[C@]2(C(=O)OC)C(=O)C(C)=C(OC)[C@]12C. The average molecular weight is 443 g/mol. The minimum absolute atomic E-state index is 0.0359. The van der Waals surface area contributed by atoms with Gasteiger partial charge in [-0.2, -0.15) is 0 Å². The maximum atomic E-state index is 14.2. The smallest absolute Gasteiger partial charge is 0.321 e. The van der Waals surface area contributed by atoms with Crippen LogP contribution in [0.15, 0.2) is 23.5 Å². The van der Waals surface area contributed by atoms with Gasteiger partial charge < -0.3 is 9.47 Å². The molecule has 0 heterocycles. The van der Waals surface area contributed by atoms with E-state index in [-0.39, 0.29) is 23.0 Å². The predicted molar refractivity (Wildman–Crippen MR) is 121 cm³/mol. The highest BCUT2D eigenvalue weighted by Gasteiger charge is 2.81. The van der Waals surface area contributed by atoms with Crippen molar-refractivity contribution < 1.29 is 23.9 Å². The third-order valence-corrected chi connectivity index (χ3v) is 10.7. The number of allylic oxidation sites excluding steroid dienone is 2. The van der Waals surface area contributed by atoms with E-state index in [0.29, 0.717) is 36.4 Å². The van der Waals surface area contributed by atoms with Crippen LogP contribution in [0.25, 0.3) is 0 Å². The number of ketones is 2. The van der Waals surface area contributed by atoms with E-state index in [1.54, 1.807) is 14.0 Å². The number of methoxy groups -OCH3 is 2. The Labute approximate surface area is 192 Å². The molecule has 4 rings (SSSR count). The molecule has 0 aromatic heterocycles. The Balaban J connectivity index is 2.00. The Kier molecular flexibility index (Phi) is 4.78. The van der Waals surface area contributed by atoms with Crippen LogP contribution in [0.4, 0.5) is 0 Å². The molecule has 0 aliphatic heterocycles. The van der Waals surface area contributed by atoms with E-state index in [1.165, 1.54) is 7.11 Å². The molecule has 0 amide bonds. The number of carbonyl (C=O) groups is 3. The van der Waals surface area contributed by atoms with E-state index in [2.05, 4.69) is 34.3 Å². The van der Waals surface area contributed by atoms with Crippen molar-refractivity contribution in [1.82, 2.24) is 0 Å². The molecule has 4 aliphatic carbocycles. The molecule has 0 bridgehead atoms. The third-order valence-electron chi connectivity index (χ3n) is 10.7. The Hall–Kier alpha value is -1.91. The van der Waals surface area contributed by atoms with Gasteiger partial charge in [-0.3, -0.25) is 14.4 Å². The molecule has 0 radical (unpaired) electrons. The second-order valence-corrected chi connectivity index (χ2v) is 11.9. The van der Waals surface area contributed by atoms with Gasteiger partial charge in [-0.1, -0.05) is 39.8 Å². The van der Waals surface area contributed by atoms with E-state index in [9.17, 15) is 14.4 Å². The van der Waals surface area contributed by atoms with Gasteiger partial charge in [0.15, 0.2) is 11.2 Å². The Morgan fingerprint density at radius 1 is 1.03 bits per heavy atom. The third kappa shape index (κ3) is 2.14. The summed E-state index contributed by atoms with van der Waals surface area (Å²) in [5.41, 5.74) is -2.26. The number of ether oxygens (including phenoxy) is 2. The zero-order valence-electron chi connectivity index (χ0n) is 20.9. The molecular formula is C27H38O5. The van der Waals surface area contributed by atoms with Crippen LogP contribution in [0.2, 0.25) is 0 Å². The highest BCUT2D eigenvalue weighted by Crippen LogP contribution is 2.78. The van der Waals surface area contributed by atoms with E-state index < -0.39 is 27.6 Å². The van der Waals surface area contributed by atoms with E-state index >= 15 is 0 Å². The first-order chi connectivity index (χ1) is 14.7. The highest BCUT2D eigenvalue weighted by atomic mass is 16.5. The lowest BCUT2D eigenvalue weighted by atomic mass is 9.32. The maximum absolute atomic E-state index is 14.2. The Morgan fingerprint density at radius 2 is 1.66 bits per heavy atom. The second kappa shape index (κ2) is 6.57. The van der Waals surface area contributed by atoms with Gasteiger partial charge in [-0.05, 0) is 62.2 Å². The molecule has 0 unspecified atom stereocenters. The molecule has 0 saturated heterocycles. The van der Waals surface area contributed by atoms with Crippen LogP contribution in [0.3, 0.4) is 0 Å². The minimum Gasteiger partial charge on any atom is -0.500 e. The number of hydrogen-bond donors (Lipinski definition) is 0. The lowest BCUT2D eigenvalue weighted by Gasteiger charge is -2.69. The Morgan fingerprint density at radius 3 is 2.22 bits per heavy atom. The fourth-order valence-corrected chi connectivity index (χ4v) is 9.16. The van der Waals surface area contributed by atoms with Crippen molar-refractivity contribution >= 4 is 17.5 Å². The van der Waals surface area contributed by atoms with Crippen LogP contribution in [-0.4, -0.2) is 31.8 Å². The number of fused-ring (bicyclic) bond motifs is 5. The first-order valence-electron chi connectivity index (χ1n) is 11.8. The summed E-state index contributed by atoms with van der Waals surface area (Å²) >= 11 is 0. The monoisotopic (exact) mass is 442 g/mol. The van der Waals surface area contributed by atoms with Crippen molar-refractivity contribution in [2.24, 2.45) is 38.9 Å². The van der Waals surface area contributed by atoms with Gasteiger partial charge in [0.05, 0.1) is 19.6 Å². The van der Waals surface area contributed by atoms with Gasteiger partial charge in [-0.15, -0.1) is 0 Å². The molecule has 0 aromatic rings. The number of esters is 1. The average Bonchev–Trinajstić information content (AvgIpc) is 2.91. The van der Waals surface area contributed by atoms with Gasteiger partial charge in [0.2, 0.25) is 0 Å². The van der Waals surface area contributed by atoms with Crippen LogP contribution in [-0.2, 0) is 23.9 Å². The topological polar surface area (TPSA) is 69.7 Å². The van der Waals surface area contributed by atoms with Crippen LogP contribution in [0.5, 0.6) is 0 Å². The number of hydrogen-bond acceptors (Lipinski definition) is 5. The molecule has 0 aromatic carbocycles. The lowest BCUT2D eigenvalue weighted by molar-refractivity contribution is -0.217. The fraction of sp³-hybridized carbons (Fsp3) is 0.741. The standard InChI is InChI=1S/C27H38O5/c1-15-14-18-24(5)12-11-19(28)23(3,4)17(24)10-13-25(18,6)27(22(30)32-9)20(29)16(2)21(31-8)26(15,27)7/h17-18H,1,10-14H2,2-9H3/t17-,18+,24-,25+,26+,27-/m1/s1. The summed E-state index contributed by atoms with van der Waals surface area (Å²) in [4.78, 5) is 40.9. The first-order valence-corrected chi connectivity index (χ1v) is 11.8. The quantitative estimate of drug-likeness (QED) is 0.340. The summed E-state index contributed by atoms with van der Waals surface area (Å²) in [6.45, 7) is 16.7. The van der Waals surface area contributed by atoms with Crippen molar-refractivity contribution in [2.45, 2.75) is 73.6 Å². The molecule has 176 valence electrons. The zero-order chi connectivity index (χ0) is 24.1. The van der Waals surface area contributed by atoms with Gasteiger partial charge in [-0.25, -0.2) is 0 Å². The largest absolute Gasteiger partial charge is 0.500 e. The number of rotatable bonds is 2. The summed E-state index contributed by atoms with van der Waals surface area (Å²) < 4.78 is 11.2. The summed E-state index contributed by atoms with van der Waals surface area (Å²) in [5.74, 6) is 0.427. The van der Waals surface area contributed by atoms with E-state index in [0.717, 1.165) is 18.4 Å². The van der Waals surface area contributed by atoms with Crippen molar-refractivity contribution in [3.63, 3.8) is 0 Å². The van der Waals surface area contributed by atoms with Crippen molar-refractivity contribution in [2.75, 3.05) is 14.2 Å². The molecule has 0 N–H and O–H groups in total. The molecule has 5 nitrogen and oxygen atoms in total. The predicted octanol–water partition coefficient (Wildman–Crippen LogP) is 5.04. The fourth-order valence-electron chi connectivity index (χ4n) is 9.16. The first kappa shape index (κ1) is 23.3. The summed E-state index contributed by atoms with van der Waals surface area (Å²) in [5, 5.41) is 0. The van der Waals surface area contributed by atoms with E-state index in [4.69, 9.17) is 9.47 Å². The van der Waals surface area contributed by atoms with Crippen LogP contribution < -0.4 is 0 Å². The van der Waals surface area contributed by atoms with Crippen molar-refractivity contribution in [3.8, 4) is 0 Å². The summed E-state index contributed by atoms with van der Waals surface area (Å²) in [6, 6.07) is 0. The molecule has 5 heteroatoms. The number of Topliss-reactive ketones (excluding diaryl/α,β-unsaturated/α-hetero) is 2. The lowest BCUT2D eigenvalue weighted by Crippen LogP contribution is -2.70. The minimum atomic E-state index is -1.41. The molecular weight excluding hydrogens is 404 g/mol. The van der Waals surface area contributed by atoms with Gasteiger partial charge in [0.1, 0.15) is 11.5 Å².